The highest BCUT2D eigenvalue weighted by molar-refractivity contribution is 6.00. The van der Waals surface area contributed by atoms with Crippen molar-refractivity contribution in [3.8, 4) is 0 Å². The summed E-state index contributed by atoms with van der Waals surface area (Å²) in [7, 11) is 0. The third-order valence-corrected chi connectivity index (χ3v) is 3.64. The van der Waals surface area contributed by atoms with Gasteiger partial charge in [-0.3, -0.25) is 9.59 Å². The van der Waals surface area contributed by atoms with E-state index in [0.717, 1.165) is 5.69 Å². The highest BCUT2D eigenvalue weighted by Crippen LogP contribution is 2.34. The molecule has 96 valence electrons. The number of amides is 1. The van der Waals surface area contributed by atoms with Crippen LogP contribution in [0.4, 0.5) is 5.69 Å². The van der Waals surface area contributed by atoms with E-state index in [1.807, 2.05) is 19.9 Å². The molecule has 1 aromatic rings. The largest absolute Gasteiger partial charge is 0.325 e. The second-order valence-corrected chi connectivity index (χ2v) is 5.30. The lowest BCUT2D eigenvalue weighted by molar-refractivity contribution is -0.117. The molecular formula is C14H18N2O2. The van der Waals surface area contributed by atoms with E-state index in [1.54, 1.807) is 23.1 Å². The Labute approximate surface area is 107 Å². The van der Waals surface area contributed by atoms with Crippen LogP contribution in [0.5, 0.6) is 0 Å². The molecule has 1 atom stereocenters. The number of rotatable bonds is 2. The fourth-order valence-corrected chi connectivity index (χ4v) is 2.36. The molecule has 0 aromatic heterocycles. The molecule has 4 nitrogen and oxygen atoms in total. The maximum Gasteiger partial charge on any atom is 0.229 e. The van der Waals surface area contributed by atoms with E-state index in [1.165, 1.54) is 6.92 Å². The highest BCUT2D eigenvalue weighted by Gasteiger charge is 2.45. The number of ketones is 1. The minimum Gasteiger partial charge on any atom is -0.325 e. The lowest BCUT2D eigenvalue weighted by Crippen LogP contribution is -2.49. The highest BCUT2D eigenvalue weighted by atomic mass is 16.2. The van der Waals surface area contributed by atoms with Crippen LogP contribution >= 0.6 is 0 Å². The molecule has 1 aliphatic heterocycles. The van der Waals surface area contributed by atoms with Gasteiger partial charge in [0.15, 0.2) is 5.78 Å². The van der Waals surface area contributed by atoms with Crippen LogP contribution in [0, 0.1) is 0 Å². The van der Waals surface area contributed by atoms with Crippen LogP contribution in [-0.4, -0.2) is 23.3 Å². The van der Waals surface area contributed by atoms with Gasteiger partial charge in [-0.1, -0.05) is 12.1 Å². The van der Waals surface area contributed by atoms with Crippen LogP contribution in [0.1, 0.15) is 37.6 Å². The van der Waals surface area contributed by atoms with E-state index < -0.39 is 5.54 Å². The Morgan fingerprint density at radius 2 is 2.11 bits per heavy atom. The van der Waals surface area contributed by atoms with Gasteiger partial charge in [0, 0.05) is 23.7 Å². The molecule has 2 N–H and O–H groups in total. The molecule has 0 saturated carbocycles. The van der Waals surface area contributed by atoms with Gasteiger partial charge in [0.1, 0.15) is 0 Å². The maximum atomic E-state index is 12.0. The van der Waals surface area contributed by atoms with Gasteiger partial charge in [-0.2, -0.15) is 0 Å². The molecule has 1 aliphatic rings. The molecule has 0 bridgehead atoms. The topological polar surface area (TPSA) is 63.4 Å². The summed E-state index contributed by atoms with van der Waals surface area (Å²) < 4.78 is 0. The first-order valence-electron chi connectivity index (χ1n) is 6.03. The Bertz CT molecular complexity index is 508. The number of anilines is 1. The second-order valence-electron chi connectivity index (χ2n) is 5.30. The zero-order valence-electron chi connectivity index (χ0n) is 10.9. The first-order valence-corrected chi connectivity index (χ1v) is 6.03. The number of hydrogen-bond acceptors (Lipinski definition) is 3. The number of nitrogens with two attached hydrogens (primary N) is 1. The van der Waals surface area contributed by atoms with Gasteiger partial charge in [-0.15, -0.1) is 0 Å². The molecule has 4 heteroatoms. The first-order chi connectivity index (χ1) is 8.34. The zero-order chi connectivity index (χ0) is 13.5. The molecule has 1 saturated heterocycles. The first kappa shape index (κ1) is 12.8. The van der Waals surface area contributed by atoms with E-state index in [2.05, 4.69) is 0 Å². The van der Waals surface area contributed by atoms with Crippen molar-refractivity contribution in [3.63, 3.8) is 0 Å². The van der Waals surface area contributed by atoms with Crippen molar-refractivity contribution < 1.29 is 9.59 Å². The molecule has 1 amide bonds. The normalized spacial score (nSPS) is 22.3. The van der Waals surface area contributed by atoms with Gasteiger partial charge in [-0.05, 0) is 32.9 Å². The quantitative estimate of drug-likeness (QED) is 0.808. The number of Topliss-reactive ketones (excluding diaryl/α,β-unsaturated/α-hetero) is 1. The molecule has 2 rings (SSSR count). The summed E-state index contributed by atoms with van der Waals surface area (Å²) in [5, 5.41) is 0. The van der Waals surface area contributed by atoms with Crippen molar-refractivity contribution in [2.75, 3.05) is 4.90 Å². The summed E-state index contributed by atoms with van der Waals surface area (Å²) in [6, 6.07) is 6.94. The Morgan fingerprint density at radius 3 is 2.61 bits per heavy atom. The van der Waals surface area contributed by atoms with Crippen LogP contribution < -0.4 is 10.6 Å². The Hall–Kier alpha value is -1.68. The number of carbonyl (C=O) groups is 2. The SMILES string of the molecule is CC(=O)c1cccc(N2C(=O)CC(N)C2(C)C)c1. The van der Waals surface area contributed by atoms with Gasteiger partial charge >= 0.3 is 0 Å². The summed E-state index contributed by atoms with van der Waals surface area (Å²) in [6.07, 6.45) is 0.345. The third kappa shape index (κ3) is 1.93. The van der Waals surface area contributed by atoms with E-state index in [4.69, 9.17) is 5.73 Å². The summed E-state index contributed by atoms with van der Waals surface area (Å²) >= 11 is 0. The lowest BCUT2D eigenvalue weighted by Gasteiger charge is -2.34. The molecule has 18 heavy (non-hydrogen) atoms. The summed E-state index contributed by atoms with van der Waals surface area (Å²) in [5.74, 6) is -0.00111. The maximum absolute atomic E-state index is 12.0. The summed E-state index contributed by atoms with van der Waals surface area (Å²) in [4.78, 5) is 25.1. The van der Waals surface area contributed by atoms with Gasteiger partial charge in [0.05, 0.1) is 5.54 Å². The minimum absolute atomic E-state index is 0.00759. The molecule has 1 heterocycles. The Morgan fingerprint density at radius 1 is 1.44 bits per heavy atom. The van der Waals surface area contributed by atoms with Crippen LogP contribution in [0.25, 0.3) is 0 Å². The number of hydrogen-bond donors (Lipinski definition) is 1. The number of benzene rings is 1. The lowest BCUT2D eigenvalue weighted by atomic mass is 9.96. The van der Waals surface area contributed by atoms with Crippen LogP contribution in [0.2, 0.25) is 0 Å². The van der Waals surface area contributed by atoms with Crippen LogP contribution in [-0.2, 0) is 4.79 Å². The molecule has 0 aliphatic carbocycles. The standard InChI is InChI=1S/C14H18N2O2/c1-9(17)10-5-4-6-11(7-10)16-13(18)8-12(15)14(16,2)3/h4-7,12H,8,15H2,1-3H3. The minimum atomic E-state index is -0.424. The predicted molar refractivity (Wildman–Crippen MR) is 70.6 cm³/mol. The van der Waals surface area contributed by atoms with E-state index >= 15 is 0 Å². The van der Waals surface area contributed by atoms with Gasteiger partial charge in [-0.25, -0.2) is 0 Å². The molecule has 1 unspecified atom stereocenters. The third-order valence-electron chi connectivity index (χ3n) is 3.64. The molecule has 1 aromatic carbocycles. The average molecular weight is 246 g/mol. The number of carbonyl (C=O) groups excluding carboxylic acids is 2. The number of nitrogens with zero attached hydrogens (tertiary/aromatic N) is 1. The van der Waals surface area contributed by atoms with Gasteiger partial charge in [0.2, 0.25) is 5.91 Å². The van der Waals surface area contributed by atoms with Gasteiger partial charge in [0.25, 0.3) is 0 Å². The van der Waals surface area contributed by atoms with E-state index in [9.17, 15) is 9.59 Å². The van der Waals surface area contributed by atoms with E-state index in [0.29, 0.717) is 12.0 Å². The van der Waals surface area contributed by atoms with Crippen molar-refractivity contribution in [3.05, 3.63) is 29.8 Å². The van der Waals surface area contributed by atoms with Crippen LogP contribution in [0.3, 0.4) is 0 Å². The van der Waals surface area contributed by atoms with E-state index in [-0.39, 0.29) is 17.7 Å². The van der Waals surface area contributed by atoms with Crippen molar-refractivity contribution in [2.24, 2.45) is 5.73 Å². The van der Waals surface area contributed by atoms with Crippen molar-refractivity contribution in [1.29, 1.82) is 0 Å². The van der Waals surface area contributed by atoms with Crippen molar-refractivity contribution in [2.45, 2.75) is 38.8 Å². The van der Waals surface area contributed by atoms with Gasteiger partial charge < -0.3 is 10.6 Å². The van der Waals surface area contributed by atoms with Crippen molar-refractivity contribution >= 4 is 17.4 Å². The molecule has 0 radical (unpaired) electrons. The predicted octanol–water partition coefficient (Wildman–Crippen LogP) is 1.73. The van der Waals surface area contributed by atoms with Crippen LogP contribution in [0.15, 0.2) is 24.3 Å². The average Bonchev–Trinajstić information content (AvgIpc) is 2.48. The zero-order valence-corrected chi connectivity index (χ0v) is 10.9. The summed E-state index contributed by atoms with van der Waals surface area (Å²) in [5.41, 5.74) is 6.92. The van der Waals surface area contributed by atoms with Crippen molar-refractivity contribution in [1.82, 2.24) is 0 Å². The Balaban J connectivity index is 2.45. The second kappa shape index (κ2) is 4.21. The molecular weight excluding hydrogens is 228 g/mol. The fraction of sp³-hybridized carbons (Fsp3) is 0.429. The fourth-order valence-electron chi connectivity index (χ4n) is 2.36. The monoisotopic (exact) mass is 246 g/mol. The Kier molecular flexibility index (Phi) is 2.99. The summed E-state index contributed by atoms with van der Waals surface area (Å²) in [6.45, 7) is 5.41. The molecule has 1 fully saturated rings. The molecule has 0 spiro atoms. The smallest absolute Gasteiger partial charge is 0.229 e.